The molecule has 10 heteroatoms. The van der Waals surface area contributed by atoms with Gasteiger partial charge in [-0.1, -0.05) is 60.7 Å². The predicted octanol–water partition coefficient (Wildman–Crippen LogP) is 18.2. The van der Waals surface area contributed by atoms with E-state index in [1.807, 2.05) is 97.1 Å². The zero-order chi connectivity index (χ0) is 55.8. The number of phenols is 2. The molecule has 12 rings (SSSR count). The molecule has 2 N–H and O–H groups in total. The summed E-state index contributed by atoms with van der Waals surface area (Å²) < 4.78 is 25.7. The van der Waals surface area contributed by atoms with Crippen molar-refractivity contribution in [2.24, 2.45) is 9.98 Å². The Morgan fingerprint density at radius 2 is 0.598 bits per heavy atom. The van der Waals surface area contributed by atoms with E-state index >= 15 is 0 Å². The minimum absolute atomic E-state index is 0.148. The lowest BCUT2D eigenvalue weighted by atomic mass is 9.92. The Morgan fingerprint density at radius 3 is 0.927 bits per heavy atom. The van der Waals surface area contributed by atoms with Crippen molar-refractivity contribution in [1.82, 2.24) is 0 Å². The molecule has 0 heterocycles. The largest absolute Gasteiger partial charge is 0.508 e. The number of fused-ring (bicyclic) bond motifs is 2. The van der Waals surface area contributed by atoms with Gasteiger partial charge in [0.15, 0.2) is 11.6 Å². The number of benzene rings is 12. The average Bonchev–Trinajstić information content (AvgIpc) is 3.71. The van der Waals surface area contributed by atoms with E-state index in [-0.39, 0.29) is 23.1 Å². The first kappa shape index (κ1) is 51.4. The molecule has 0 aliphatic rings. The van der Waals surface area contributed by atoms with Crippen LogP contribution < -0.4 is 18.9 Å². The number of carbonyl (C=O) groups is 2. The van der Waals surface area contributed by atoms with Crippen LogP contribution in [0.15, 0.2) is 277 Å². The summed E-state index contributed by atoms with van der Waals surface area (Å²) in [7, 11) is 0. The quantitative estimate of drug-likeness (QED) is 0.0680. The molecule has 0 saturated heterocycles. The van der Waals surface area contributed by atoms with Gasteiger partial charge in [-0.25, -0.2) is 0 Å². The minimum Gasteiger partial charge on any atom is -0.508 e. The summed E-state index contributed by atoms with van der Waals surface area (Å²) in [5, 5.41) is 23.0. The number of phenolic OH excluding ortho intramolecular Hbond substituents is 2. The van der Waals surface area contributed by atoms with Gasteiger partial charge >= 0.3 is 0 Å². The third-order valence-corrected chi connectivity index (χ3v) is 13.6. The number of ether oxygens (including phenoxy) is 4. The van der Waals surface area contributed by atoms with E-state index in [1.165, 1.54) is 0 Å². The number of rotatable bonds is 17. The van der Waals surface area contributed by atoms with Crippen molar-refractivity contribution < 1.29 is 38.7 Å². The fourth-order valence-corrected chi connectivity index (χ4v) is 9.37. The van der Waals surface area contributed by atoms with Crippen molar-refractivity contribution >= 4 is 56.9 Å². The van der Waals surface area contributed by atoms with Gasteiger partial charge in [0.2, 0.25) is 0 Å². The number of aliphatic imine (C=N–C) groups is 2. The molecule has 0 bridgehead atoms. The molecule has 0 saturated carbocycles. The van der Waals surface area contributed by atoms with E-state index in [0.717, 1.165) is 55.2 Å². The molecular weight excluding hydrogens is 1020 g/mol. The number of hydrogen-bond donors (Lipinski definition) is 2. The number of carbonyl (C=O) groups excluding carboxylic acids is 2. The van der Waals surface area contributed by atoms with E-state index in [0.29, 0.717) is 68.2 Å². The van der Waals surface area contributed by atoms with Crippen molar-refractivity contribution in [3.8, 4) is 68.6 Å². The maximum Gasteiger partial charge on any atom is 0.193 e. The molecule has 0 spiro atoms. The summed E-state index contributed by atoms with van der Waals surface area (Å²) in [5.74, 6) is 4.79. The minimum atomic E-state index is -0.148. The Labute approximate surface area is 472 Å². The van der Waals surface area contributed by atoms with Crippen LogP contribution in [0.25, 0.3) is 32.7 Å². The van der Waals surface area contributed by atoms with Crippen molar-refractivity contribution in [1.29, 1.82) is 0 Å². The highest BCUT2D eigenvalue weighted by Gasteiger charge is 2.21. The van der Waals surface area contributed by atoms with Crippen LogP contribution in [0, 0.1) is 0 Å². The van der Waals surface area contributed by atoms with Crippen LogP contribution in [-0.4, -0.2) is 34.2 Å². The lowest BCUT2D eigenvalue weighted by Crippen LogP contribution is -2.01. The highest BCUT2D eigenvalue weighted by Crippen LogP contribution is 2.48. The molecule has 12 aromatic carbocycles. The maximum atomic E-state index is 13.8. The third-order valence-electron chi connectivity index (χ3n) is 13.6. The second kappa shape index (κ2) is 23.3. The number of aromatic hydroxyl groups is 2. The SMILES string of the molecule is O=C(c1ccc(Oc2ccc(N=Cc3ccc(O)cc3)cc2)cc1)c1ccc(Oc2ccc3ccccc3c2-c2c(Oc3ccc(C(=O)c4ccc(Oc5ccc(N=Cc6ccc(O)cc6)cc5)cc4)cc3)ccc3ccccc23)cc1. The topological polar surface area (TPSA) is 136 Å². The monoisotopic (exact) mass is 1070 g/mol. The molecule has 0 amide bonds. The summed E-state index contributed by atoms with van der Waals surface area (Å²) in [4.78, 5) is 36.6. The maximum absolute atomic E-state index is 13.8. The fourth-order valence-electron chi connectivity index (χ4n) is 9.37. The van der Waals surface area contributed by atoms with E-state index in [1.54, 1.807) is 158 Å². The van der Waals surface area contributed by atoms with Gasteiger partial charge in [-0.2, -0.15) is 0 Å². The summed E-state index contributed by atoms with van der Waals surface area (Å²) in [6.07, 6.45) is 3.45. The van der Waals surface area contributed by atoms with Crippen LogP contribution in [0.4, 0.5) is 11.4 Å². The predicted molar refractivity (Wildman–Crippen MR) is 323 cm³/mol. The Balaban J connectivity index is 0.731. The lowest BCUT2D eigenvalue weighted by Gasteiger charge is -2.20. The second-order valence-corrected chi connectivity index (χ2v) is 19.2. The lowest BCUT2D eigenvalue weighted by molar-refractivity contribution is 0.103. The van der Waals surface area contributed by atoms with Gasteiger partial charge in [-0.15, -0.1) is 0 Å². The van der Waals surface area contributed by atoms with E-state index in [9.17, 15) is 19.8 Å². The molecular formula is C72H48N2O8. The molecule has 0 aliphatic carbocycles. The molecule has 82 heavy (non-hydrogen) atoms. The molecule has 0 fully saturated rings. The summed E-state index contributed by atoms with van der Waals surface area (Å²) in [6, 6.07) is 80.9. The molecule has 0 aliphatic heterocycles. The van der Waals surface area contributed by atoms with E-state index in [2.05, 4.69) is 34.3 Å². The first-order valence-electron chi connectivity index (χ1n) is 26.3. The molecule has 0 aromatic heterocycles. The van der Waals surface area contributed by atoms with Crippen molar-refractivity contribution in [3.63, 3.8) is 0 Å². The van der Waals surface area contributed by atoms with Crippen LogP contribution in [0.3, 0.4) is 0 Å². The van der Waals surface area contributed by atoms with Crippen LogP contribution >= 0.6 is 0 Å². The average molecular weight is 1070 g/mol. The highest BCUT2D eigenvalue weighted by molar-refractivity contribution is 6.11. The van der Waals surface area contributed by atoms with Crippen LogP contribution in [0.2, 0.25) is 0 Å². The Hall–Kier alpha value is -11.4. The smallest absolute Gasteiger partial charge is 0.193 e. The summed E-state index contributed by atoms with van der Waals surface area (Å²) in [5.41, 5.74) is 6.91. The van der Waals surface area contributed by atoms with Crippen molar-refractivity contribution in [2.45, 2.75) is 0 Å². The summed E-state index contributed by atoms with van der Waals surface area (Å²) >= 11 is 0. The molecule has 394 valence electrons. The second-order valence-electron chi connectivity index (χ2n) is 19.2. The van der Waals surface area contributed by atoms with Crippen LogP contribution in [0.1, 0.15) is 43.0 Å². The van der Waals surface area contributed by atoms with Crippen molar-refractivity contribution in [3.05, 3.63) is 300 Å². The summed E-state index contributed by atoms with van der Waals surface area (Å²) in [6.45, 7) is 0. The molecule has 0 atom stereocenters. The van der Waals surface area contributed by atoms with Gasteiger partial charge in [0.25, 0.3) is 0 Å². The fraction of sp³-hybridized carbons (Fsp3) is 0. The molecule has 0 radical (unpaired) electrons. The van der Waals surface area contributed by atoms with Gasteiger partial charge in [0, 0.05) is 45.8 Å². The van der Waals surface area contributed by atoms with Crippen LogP contribution in [0.5, 0.6) is 57.5 Å². The molecule has 10 nitrogen and oxygen atoms in total. The Bertz CT molecular complexity index is 4030. The number of nitrogens with zero attached hydrogens (tertiary/aromatic N) is 2. The Kier molecular flexibility index (Phi) is 14.6. The first-order chi connectivity index (χ1) is 40.2. The normalized spacial score (nSPS) is 11.3. The van der Waals surface area contributed by atoms with Gasteiger partial charge in [0.05, 0.1) is 11.4 Å². The molecule has 12 aromatic rings. The first-order valence-corrected chi connectivity index (χ1v) is 26.3. The van der Waals surface area contributed by atoms with E-state index in [4.69, 9.17) is 18.9 Å². The van der Waals surface area contributed by atoms with Gasteiger partial charge in [-0.05, 0) is 239 Å². The highest BCUT2D eigenvalue weighted by atomic mass is 16.5. The number of ketones is 2. The number of hydrogen-bond acceptors (Lipinski definition) is 10. The van der Waals surface area contributed by atoms with Crippen LogP contribution in [-0.2, 0) is 0 Å². The van der Waals surface area contributed by atoms with Gasteiger partial charge in [-0.3, -0.25) is 19.6 Å². The van der Waals surface area contributed by atoms with Gasteiger partial charge in [0.1, 0.15) is 57.5 Å². The zero-order valence-electron chi connectivity index (χ0n) is 43.8. The van der Waals surface area contributed by atoms with E-state index < -0.39 is 0 Å². The van der Waals surface area contributed by atoms with Gasteiger partial charge < -0.3 is 29.2 Å². The Morgan fingerprint density at radius 1 is 0.305 bits per heavy atom. The van der Waals surface area contributed by atoms with Crippen molar-refractivity contribution in [2.75, 3.05) is 0 Å². The molecule has 0 unspecified atom stereocenters. The third kappa shape index (κ3) is 11.9. The standard InChI is InChI=1S/C72H48N2O8/c75-57-27-9-47(10-28-57)45-73-55-23-39-61(40-24-55)79-59-31-13-51(14-32-59)71(77)53-17-35-63(36-18-53)81-67-43-21-49-5-1-3-7-65(49)69(67)70-66-8-4-2-6-50(66)22-44-68(70)82-64-37-19-54(20-38-64)72(78)52-15-33-60(34-16-52)80-62-41-25-56(26-42-62)74-46-48-11-29-58(76)30-12-48/h1-46,75-76H. The zero-order valence-corrected chi connectivity index (χ0v) is 43.8.